The lowest BCUT2D eigenvalue weighted by Gasteiger charge is -2.31. The van der Waals surface area contributed by atoms with E-state index in [0.29, 0.717) is 35.3 Å². The Hall–Kier alpha value is -1.21. The lowest BCUT2D eigenvalue weighted by atomic mass is 10.1. The summed E-state index contributed by atoms with van der Waals surface area (Å²) in [5.74, 6) is 1.67. The van der Waals surface area contributed by atoms with Gasteiger partial charge in [-0.3, -0.25) is 4.79 Å². The highest BCUT2D eigenvalue weighted by Crippen LogP contribution is 2.38. The van der Waals surface area contributed by atoms with Crippen LogP contribution in [0.2, 0.25) is 0 Å². The molecule has 1 fully saturated rings. The summed E-state index contributed by atoms with van der Waals surface area (Å²) in [6, 6.07) is 4.15. The zero-order valence-corrected chi connectivity index (χ0v) is 18.4. The highest BCUT2D eigenvalue weighted by Gasteiger charge is 2.25. The molecule has 0 amide bonds. The van der Waals surface area contributed by atoms with E-state index in [9.17, 15) is 4.79 Å². The summed E-state index contributed by atoms with van der Waals surface area (Å²) in [5.41, 5.74) is 0.611. The van der Waals surface area contributed by atoms with Gasteiger partial charge >= 0.3 is 0 Å². The van der Waals surface area contributed by atoms with E-state index in [4.69, 9.17) is 14.2 Å². The van der Waals surface area contributed by atoms with Gasteiger partial charge < -0.3 is 48.8 Å². The molecule has 156 valence electrons. The monoisotopic (exact) mass is 422 g/mol. The smallest absolute Gasteiger partial charge is 0.203 e. The Kier molecular flexibility index (Phi) is 11.7. The largest absolute Gasteiger partial charge is 1.00 e. The molecule has 1 saturated heterocycles. The number of benzene rings is 1. The van der Waals surface area contributed by atoms with Gasteiger partial charge in [-0.2, -0.15) is 0 Å². The van der Waals surface area contributed by atoms with Crippen LogP contribution in [-0.2, 0) is 0 Å². The van der Waals surface area contributed by atoms with Gasteiger partial charge in [0.05, 0.1) is 40.3 Å². The van der Waals surface area contributed by atoms with Gasteiger partial charge in [0.2, 0.25) is 5.75 Å². The van der Waals surface area contributed by atoms with E-state index >= 15 is 0 Å². The van der Waals surface area contributed by atoms with Crippen molar-refractivity contribution >= 4 is 5.78 Å². The van der Waals surface area contributed by atoms with Gasteiger partial charge in [0, 0.05) is 5.56 Å². The van der Waals surface area contributed by atoms with Crippen LogP contribution in [0.1, 0.15) is 30.6 Å². The number of halogens is 2. The molecule has 2 N–H and O–H groups in total. The number of carbonyl (C=O) groups excluding carboxylic acids is 1. The third-order valence-corrected chi connectivity index (χ3v) is 5.11. The van der Waals surface area contributed by atoms with Crippen LogP contribution in [0.4, 0.5) is 0 Å². The molecular weight excluding hydrogens is 391 g/mol. The van der Waals surface area contributed by atoms with E-state index in [2.05, 4.69) is 13.8 Å². The minimum Gasteiger partial charge on any atom is -1.00 e. The number of carbonyl (C=O) groups is 1. The predicted octanol–water partition coefficient (Wildman–Crippen LogP) is -6.52. The maximum Gasteiger partial charge on any atom is 0.203 e. The fraction of sp³-hybridized carbons (Fsp3) is 0.632. The number of quaternary nitrogens is 2. The topological polar surface area (TPSA) is 53.6 Å². The second kappa shape index (κ2) is 12.3. The van der Waals surface area contributed by atoms with Gasteiger partial charge in [-0.25, -0.2) is 0 Å². The van der Waals surface area contributed by atoms with Crippen LogP contribution in [-0.4, -0.2) is 65.9 Å². The lowest BCUT2D eigenvalue weighted by Crippen LogP contribution is -3.29. The number of ether oxygens (including phenoxy) is 3. The molecule has 0 aliphatic carbocycles. The quantitative estimate of drug-likeness (QED) is 0.409. The van der Waals surface area contributed by atoms with Crippen LogP contribution in [0.5, 0.6) is 17.2 Å². The Labute approximate surface area is 174 Å². The second-order valence-electron chi connectivity index (χ2n) is 6.90. The Bertz CT molecular complexity index is 566. The molecule has 2 rings (SSSR count). The molecule has 1 aliphatic rings. The summed E-state index contributed by atoms with van der Waals surface area (Å²) in [6.07, 6.45) is 0.533. The number of hydrogen-bond donors (Lipinski definition) is 2. The van der Waals surface area contributed by atoms with Crippen molar-refractivity contribution in [2.45, 2.75) is 26.3 Å². The van der Waals surface area contributed by atoms with Crippen LogP contribution >= 0.6 is 0 Å². The first-order valence-electron chi connectivity index (χ1n) is 9.01. The molecule has 0 spiro atoms. The van der Waals surface area contributed by atoms with Crippen molar-refractivity contribution in [2.24, 2.45) is 0 Å². The second-order valence-corrected chi connectivity index (χ2v) is 6.90. The standard InChI is InChI=1S/C19H30N2O4.2ClH/c1-14(2)21-10-8-20(9-11-21)7-6-16(22)15-12-17(23-3)19(25-5)18(13-15)24-4;;/h12-14H,6-11H2,1-5H3;2*1H. The molecular formula is C19H32Cl2N2O4. The van der Waals surface area contributed by atoms with Crippen LogP contribution in [0.15, 0.2) is 12.1 Å². The predicted molar refractivity (Wildman–Crippen MR) is 96.4 cm³/mol. The zero-order chi connectivity index (χ0) is 18.4. The molecule has 0 radical (unpaired) electrons. The molecule has 1 heterocycles. The maximum atomic E-state index is 12.6. The van der Waals surface area contributed by atoms with Crippen molar-refractivity contribution in [1.82, 2.24) is 0 Å². The molecule has 27 heavy (non-hydrogen) atoms. The molecule has 0 atom stereocenters. The van der Waals surface area contributed by atoms with E-state index in [1.165, 1.54) is 18.0 Å². The summed E-state index contributed by atoms with van der Waals surface area (Å²) < 4.78 is 16.0. The first-order valence-corrected chi connectivity index (χ1v) is 9.01. The Balaban J connectivity index is 0.00000338. The van der Waals surface area contributed by atoms with Crippen molar-refractivity contribution in [1.29, 1.82) is 0 Å². The number of piperazine rings is 1. The van der Waals surface area contributed by atoms with Gasteiger partial charge in [0.15, 0.2) is 17.3 Å². The highest BCUT2D eigenvalue weighted by molar-refractivity contribution is 5.97. The van der Waals surface area contributed by atoms with E-state index in [1.54, 1.807) is 38.4 Å². The molecule has 0 bridgehead atoms. The van der Waals surface area contributed by atoms with Crippen LogP contribution in [0.3, 0.4) is 0 Å². The molecule has 1 aliphatic heterocycles. The third kappa shape index (κ3) is 6.71. The molecule has 0 saturated carbocycles. The molecule has 6 nitrogen and oxygen atoms in total. The number of ketones is 1. The first kappa shape index (κ1) is 25.8. The van der Waals surface area contributed by atoms with E-state index < -0.39 is 0 Å². The Morgan fingerprint density at radius 1 is 0.963 bits per heavy atom. The highest BCUT2D eigenvalue weighted by atomic mass is 35.5. The number of nitrogens with one attached hydrogen (secondary N) is 2. The van der Waals surface area contributed by atoms with Gasteiger partial charge in [0.1, 0.15) is 26.2 Å². The van der Waals surface area contributed by atoms with Gasteiger partial charge in [-0.1, -0.05) is 0 Å². The summed E-state index contributed by atoms with van der Waals surface area (Å²) in [5, 5.41) is 0. The van der Waals surface area contributed by atoms with Gasteiger partial charge in [-0.05, 0) is 26.0 Å². The maximum absolute atomic E-state index is 12.6. The van der Waals surface area contributed by atoms with Crippen LogP contribution in [0.25, 0.3) is 0 Å². The average Bonchev–Trinajstić information content (AvgIpc) is 2.64. The first-order chi connectivity index (χ1) is 12.0. The Morgan fingerprint density at radius 2 is 1.48 bits per heavy atom. The molecule has 0 aromatic heterocycles. The van der Waals surface area contributed by atoms with E-state index in [-0.39, 0.29) is 30.6 Å². The minimum absolute atomic E-state index is 0. The van der Waals surface area contributed by atoms with E-state index in [1.807, 2.05) is 0 Å². The summed E-state index contributed by atoms with van der Waals surface area (Å²) in [4.78, 5) is 15.8. The number of rotatable bonds is 8. The number of Topliss-reactive ketones (excluding diaryl/α,β-unsaturated/α-hetero) is 1. The Morgan fingerprint density at radius 3 is 1.89 bits per heavy atom. The van der Waals surface area contributed by atoms with Crippen molar-refractivity contribution < 1.29 is 53.6 Å². The fourth-order valence-corrected chi connectivity index (χ4v) is 3.43. The molecule has 1 aromatic rings. The summed E-state index contributed by atoms with van der Waals surface area (Å²) in [6.45, 7) is 10.1. The van der Waals surface area contributed by atoms with Crippen LogP contribution in [0, 0.1) is 0 Å². The SMILES string of the molecule is COc1cc(C(=O)CC[NH+]2CC[NH+](C(C)C)CC2)cc(OC)c1OC.[Cl-].[Cl-]. The molecule has 8 heteroatoms. The minimum atomic E-state index is 0. The fourth-order valence-electron chi connectivity index (χ4n) is 3.43. The summed E-state index contributed by atoms with van der Waals surface area (Å²) in [7, 11) is 4.68. The summed E-state index contributed by atoms with van der Waals surface area (Å²) >= 11 is 0. The average molecular weight is 423 g/mol. The zero-order valence-electron chi connectivity index (χ0n) is 16.9. The van der Waals surface area contributed by atoms with Gasteiger partial charge in [-0.15, -0.1) is 0 Å². The van der Waals surface area contributed by atoms with Crippen molar-refractivity contribution in [3.05, 3.63) is 17.7 Å². The van der Waals surface area contributed by atoms with Gasteiger partial charge in [0.25, 0.3) is 0 Å². The van der Waals surface area contributed by atoms with Crippen molar-refractivity contribution in [3.8, 4) is 17.2 Å². The molecule has 1 aromatic carbocycles. The normalized spacial score (nSPS) is 18.9. The van der Waals surface area contributed by atoms with Crippen molar-refractivity contribution in [3.63, 3.8) is 0 Å². The number of methoxy groups -OCH3 is 3. The number of hydrogen-bond acceptors (Lipinski definition) is 4. The van der Waals surface area contributed by atoms with Crippen molar-refractivity contribution in [2.75, 3.05) is 54.1 Å². The lowest BCUT2D eigenvalue weighted by molar-refractivity contribution is -1.02. The van der Waals surface area contributed by atoms with E-state index in [0.717, 1.165) is 19.6 Å². The van der Waals surface area contributed by atoms with Crippen LogP contribution < -0.4 is 48.8 Å². The third-order valence-electron chi connectivity index (χ3n) is 5.11. The molecule has 0 unspecified atom stereocenters.